The Kier molecular flexibility index (Phi) is 3.55. The number of fused-ring (bicyclic) bond motifs is 1. The van der Waals surface area contributed by atoms with E-state index in [2.05, 4.69) is 11.8 Å². The molecule has 1 aromatic heterocycles. The summed E-state index contributed by atoms with van der Waals surface area (Å²) in [5.74, 6) is -0.412. The molecule has 0 aliphatic carbocycles. The molecule has 0 bridgehead atoms. The maximum atomic E-state index is 12.5. The molecule has 6 nitrogen and oxygen atoms in total. The fourth-order valence-electron chi connectivity index (χ4n) is 2.72. The van der Waals surface area contributed by atoms with Gasteiger partial charge in [0.25, 0.3) is 5.91 Å². The molecule has 1 saturated heterocycles. The Labute approximate surface area is 122 Å². The van der Waals surface area contributed by atoms with Gasteiger partial charge in [-0.1, -0.05) is 6.92 Å². The van der Waals surface area contributed by atoms with Crippen molar-refractivity contribution < 1.29 is 9.21 Å². The van der Waals surface area contributed by atoms with Crippen LogP contribution in [0, 0.1) is 0 Å². The zero-order valence-corrected chi connectivity index (χ0v) is 12.3. The molecule has 0 unspecified atom stereocenters. The molecule has 21 heavy (non-hydrogen) atoms. The lowest BCUT2D eigenvalue weighted by molar-refractivity contribution is 0.0643. The summed E-state index contributed by atoms with van der Waals surface area (Å²) >= 11 is 0. The van der Waals surface area contributed by atoms with E-state index in [1.54, 1.807) is 25.2 Å². The quantitative estimate of drug-likeness (QED) is 0.824. The van der Waals surface area contributed by atoms with Crippen LogP contribution in [0.25, 0.3) is 11.1 Å². The Balaban J connectivity index is 1.83. The third kappa shape index (κ3) is 2.47. The number of carbonyl (C=O) groups is 1. The first kappa shape index (κ1) is 13.9. The molecule has 6 heteroatoms. The number of likely N-dealkylation sites (N-methyl/N-ethyl adjacent to an activating group) is 1. The second-order valence-corrected chi connectivity index (χ2v) is 5.34. The largest absolute Gasteiger partial charge is 0.419 e. The summed E-state index contributed by atoms with van der Waals surface area (Å²) in [4.78, 5) is 28.2. The first-order chi connectivity index (χ1) is 10.1. The van der Waals surface area contributed by atoms with Gasteiger partial charge in [0.2, 0.25) is 0 Å². The van der Waals surface area contributed by atoms with Crippen molar-refractivity contribution in [3.05, 3.63) is 34.3 Å². The lowest BCUT2D eigenvalue weighted by Gasteiger charge is -2.34. The Hall–Kier alpha value is -2.08. The molecule has 1 aliphatic rings. The van der Waals surface area contributed by atoms with E-state index in [-0.39, 0.29) is 5.91 Å². The van der Waals surface area contributed by atoms with Crippen LogP contribution >= 0.6 is 0 Å². The van der Waals surface area contributed by atoms with Crippen molar-refractivity contribution in [2.24, 2.45) is 7.05 Å². The van der Waals surface area contributed by atoms with E-state index in [1.807, 2.05) is 4.90 Å². The number of rotatable bonds is 2. The fourth-order valence-corrected chi connectivity index (χ4v) is 2.72. The average Bonchev–Trinajstić information content (AvgIpc) is 2.81. The van der Waals surface area contributed by atoms with Gasteiger partial charge in [-0.3, -0.25) is 9.36 Å². The fraction of sp³-hybridized carbons (Fsp3) is 0.467. The highest BCUT2D eigenvalue weighted by Gasteiger charge is 2.22. The first-order valence-corrected chi connectivity index (χ1v) is 7.21. The molecule has 2 aromatic rings. The third-order valence-corrected chi connectivity index (χ3v) is 4.15. The van der Waals surface area contributed by atoms with Gasteiger partial charge in [-0.15, -0.1) is 0 Å². The second kappa shape index (κ2) is 5.37. The predicted octanol–water partition coefficient (Wildman–Crippen LogP) is 0.909. The van der Waals surface area contributed by atoms with E-state index in [0.717, 1.165) is 32.7 Å². The van der Waals surface area contributed by atoms with E-state index in [9.17, 15) is 9.59 Å². The van der Waals surface area contributed by atoms with Crippen molar-refractivity contribution >= 4 is 17.0 Å². The van der Waals surface area contributed by atoms with Gasteiger partial charge in [-0.2, -0.15) is 0 Å². The number of oxazole rings is 1. The number of piperazine rings is 1. The monoisotopic (exact) mass is 289 g/mol. The summed E-state index contributed by atoms with van der Waals surface area (Å²) in [6.45, 7) is 6.44. The van der Waals surface area contributed by atoms with Crippen LogP contribution in [-0.4, -0.2) is 53.0 Å². The number of aryl methyl sites for hydroxylation is 1. The van der Waals surface area contributed by atoms with Gasteiger partial charge in [0, 0.05) is 38.8 Å². The van der Waals surface area contributed by atoms with Crippen LogP contribution in [0.4, 0.5) is 0 Å². The minimum Gasteiger partial charge on any atom is -0.408 e. The van der Waals surface area contributed by atoms with Gasteiger partial charge < -0.3 is 14.2 Å². The molecular weight excluding hydrogens is 270 g/mol. The van der Waals surface area contributed by atoms with Gasteiger partial charge in [0.15, 0.2) is 5.58 Å². The molecule has 3 rings (SSSR count). The lowest BCUT2D eigenvalue weighted by Crippen LogP contribution is -2.48. The molecule has 1 amide bonds. The van der Waals surface area contributed by atoms with E-state index in [1.165, 1.54) is 4.57 Å². The first-order valence-electron chi connectivity index (χ1n) is 7.21. The highest BCUT2D eigenvalue weighted by molar-refractivity contribution is 5.97. The number of aromatic nitrogens is 1. The van der Waals surface area contributed by atoms with Crippen molar-refractivity contribution in [2.75, 3.05) is 32.7 Å². The normalized spacial score (nSPS) is 16.6. The van der Waals surface area contributed by atoms with Gasteiger partial charge in [-0.25, -0.2) is 4.79 Å². The summed E-state index contributed by atoms with van der Waals surface area (Å²) in [5, 5.41) is 0. The molecule has 0 radical (unpaired) electrons. The lowest BCUT2D eigenvalue weighted by atomic mass is 10.1. The number of nitrogens with zero attached hydrogens (tertiary/aromatic N) is 3. The number of hydrogen-bond acceptors (Lipinski definition) is 4. The average molecular weight is 289 g/mol. The Morgan fingerprint density at radius 1 is 1.24 bits per heavy atom. The summed E-state index contributed by atoms with van der Waals surface area (Å²) in [7, 11) is 1.65. The number of benzene rings is 1. The van der Waals surface area contributed by atoms with E-state index in [0.29, 0.717) is 16.7 Å². The van der Waals surface area contributed by atoms with Crippen molar-refractivity contribution in [2.45, 2.75) is 6.92 Å². The Bertz CT molecular complexity index is 723. The van der Waals surface area contributed by atoms with E-state index >= 15 is 0 Å². The molecule has 0 atom stereocenters. The molecule has 0 saturated carbocycles. The Morgan fingerprint density at radius 2 is 1.95 bits per heavy atom. The summed E-state index contributed by atoms with van der Waals surface area (Å²) in [5.41, 5.74) is 1.73. The van der Waals surface area contributed by atoms with Gasteiger partial charge in [0.1, 0.15) is 0 Å². The van der Waals surface area contributed by atoms with Gasteiger partial charge in [-0.05, 0) is 24.7 Å². The molecule has 0 N–H and O–H groups in total. The predicted molar refractivity (Wildman–Crippen MR) is 79.5 cm³/mol. The summed E-state index contributed by atoms with van der Waals surface area (Å²) in [6, 6.07) is 5.17. The smallest absolute Gasteiger partial charge is 0.408 e. The van der Waals surface area contributed by atoms with Crippen LogP contribution in [0.1, 0.15) is 17.3 Å². The summed E-state index contributed by atoms with van der Waals surface area (Å²) < 4.78 is 6.57. The molecule has 1 fully saturated rings. The van der Waals surface area contributed by atoms with Crippen molar-refractivity contribution in [1.82, 2.24) is 14.4 Å². The minimum atomic E-state index is -0.411. The van der Waals surface area contributed by atoms with Crippen molar-refractivity contribution in [3.8, 4) is 0 Å². The topological polar surface area (TPSA) is 58.7 Å². The standard InChI is InChI=1S/C15H19N3O3/c1-3-17-6-8-18(9-7-17)14(19)11-4-5-12-13(10-11)21-15(20)16(12)2/h4-5,10H,3,6-9H2,1-2H3. The molecule has 1 aromatic carbocycles. The molecule has 2 heterocycles. The van der Waals surface area contributed by atoms with Crippen LogP contribution < -0.4 is 5.76 Å². The Morgan fingerprint density at radius 3 is 2.62 bits per heavy atom. The van der Waals surface area contributed by atoms with Crippen LogP contribution in [0.3, 0.4) is 0 Å². The molecule has 112 valence electrons. The maximum absolute atomic E-state index is 12.5. The summed E-state index contributed by atoms with van der Waals surface area (Å²) in [6.07, 6.45) is 0. The number of amides is 1. The highest BCUT2D eigenvalue weighted by Crippen LogP contribution is 2.16. The van der Waals surface area contributed by atoms with Crippen molar-refractivity contribution in [1.29, 1.82) is 0 Å². The zero-order chi connectivity index (χ0) is 15.0. The zero-order valence-electron chi connectivity index (χ0n) is 12.3. The molecule has 1 aliphatic heterocycles. The minimum absolute atomic E-state index is 0.000782. The SMILES string of the molecule is CCN1CCN(C(=O)c2ccc3c(c2)oc(=O)n3C)CC1. The molecular formula is C15H19N3O3. The number of carbonyl (C=O) groups excluding carboxylic acids is 1. The van der Waals surface area contributed by atoms with Crippen molar-refractivity contribution in [3.63, 3.8) is 0 Å². The van der Waals surface area contributed by atoms with Crippen LogP contribution in [-0.2, 0) is 7.05 Å². The highest BCUT2D eigenvalue weighted by atomic mass is 16.4. The van der Waals surface area contributed by atoms with Crippen LogP contribution in [0.2, 0.25) is 0 Å². The third-order valence-electron chi connectivity index (χ3n) is 4.15. The van der Waals surface area contributed by atoms with Gasteiger partial charge >= 0.3 is 5.76 Å². The number of hydrogen-bond donors (Lipinski definition) is 0. The molecule has 0 spiro atoms. The maximum Gasteiger partial charge on any atom is 0.419 e. The van der Waals surface area contributed by atoms with Gasteiger partial charge in [0.05, 0.1) is 5.52 Å². The van der Waals surface area contributed by atoms with E-state index < -0.39 is 5.76 Å². The van der Waals surface area contributed by atoms with E-state index in [4.69, 9.17) is 4.42 Å². The van der Waals surface area contributed by atoms with Crippen LogP contribution in [0.5, 0.6) is 0 Å². The second-order valence-electron chi connectivity index (χ2n) is 5.34. The van der Waals surface area contributed by atoms with Crippen LogP contribution in [0.15, 0.2) is 27.4 Å².